The normalized spacial score (nSPS) is 22.8. The molecule has 0 heterocycles. The lowest BCUT2D eigenvalue weighted by Gasteiger charge is -2.41. The molecule has 1 fully saturated rings. The van der Waals surface area contributed by atoms with Gasteiger partial charge >= 0.3 is 19.8 Å². The van der Waals surface area contributed by atoms with E-state index >= 15 is 0 Å². The maximum atomic E-state index is 12.8. The summed E-state index contributed by atoms with van der Waals surface area (Å²) in [5.41, 5.74) is 0. The van der Waals surface area contributed by atoms with Crippen molar-refractivity contribution >= 4 is 19.8 Å². The Bertz CT molecular complexity index is 1220. The molecule has 0 aromatic heterocycles. The van der Waals surface area contributed by atoms with Gasteiger partial charge in [-0.25, -0.2) is 4.57 Å². The van der Waals surface area contributed by atoms with Crippen LogP contribution in [0.1, 0.15) is 168 Å². The first-order valence-corrected chi connectivity index (χ1v) is 23.9. The van der Waals surface area contributed by atoms with Crippen molar-refractivity contribution in [1.29, 1.82) is 0 Å². The molecule has 14 heteroatoms. The molecule has 0 aromatic carbocycles. The zero-order valence-corrected chi connectivity index (χ0v) is 36.9. The smallest absolute Gasteiger partial charge is 0.462 e. The van der Waals surface area contributed by atoms with Gasteiger partial charge in [0.15, 0.2) is 6.10 Å². The number of esters is 2. The van der Waals surface area contributed by atoms with Crippen molar-refractivity contribution in [3.63, 3.8) is 0 Å². The minimum atomic E-state index is -5.13. The van der Waals surface area contributed by atoms with E-state index in [2.05, 4.69) is 50.3 Å². The number of carbonyl (C=O) groups is 2. The highest BCUT2D eigenvalue weighted by molar-refractivity contribution is 7.47. The molecule has 1 aliphatic rings. The van der Waals surface area contributed by atoms with E-state index in [1.165, 1.54) is 77.0 Å². The Morgan fingerprint density at radius 3 is 1.44 bits per heavy atom. The number of ether oxygens (including phenoxy) is 2. The third-order valence-corrected chi connectivity index (χ3v) is 11.2. The molecule has 1 saturated carbocycles. The summed E-state index contributed by atoms with van der Waals surface area (Å²) in [4.78, 5) is 35.6. The molecule has 0 amide bonds. The minimum Gasteiger partial charge on any atom is -0.462 e. The third-order valence-electron chi connectivity index (χ3n) is 10.2. The van der Waals surface area contributed by atoms with Crippen molar-refractivity contribution in [3.8, 4) is 0 Å². The number of phosphoric ester groups is 1. The first kappa shape index (κ1) is 54.8. The first-order valence-electron chi connectivity index (χ1n) is 22.4. The lowest BCUT2D eigenvalue weighted by Crippen LogP contribution is -2.64. The monoisotopic (exact) mass is 859 g/mol. The molecule has 0 spiro atoms. The lowest BCUT2D eigenvalue weighted by atomic mass is 9.85. The van der Waals surface area contributed by atoms with Crippen LogP contribution in [0.2, 0.25) is 0 Å². The number of aliphatic hydroxyl groups is 5. The van der Waals surface area contributed by atoms with Gasteiger partial charge in [0, 0.05) is 12.8 Å². The molecule has 0 aliphatic heterocycles. The number of carbonyl (C=O) groups excluding carboxylic acids is 2. The summed E-state index contributed by atoms with van der Waals surface area (Å²) in [6, 6.07) is 0. The largest absolute Gasteiger partial charge is 0.472 e. The highest BCUT2D eigenvalue weighted by Gasteiger charge is 2.51. The molecule has 1 rings (SSSR count). The summed E-state index contributed by atoms with van der Waals surface area (Å²) < 4.78 is 33.4. The highest BCUT2D eigenvalue weighted by Crippen LogP contribution is 2.47. The highest BCUT2D eigenvalue weighted by atomic mass is 31.2. The van der Waals surface area contributed by atoms with E-state index in [0.29, 0.717) is 19.3 Å². The Hall–Kier alpha value is -2.19. The minimum absolute atomic E-state index is 0.0211. The van der Waals surface area contributed by atoms with Gasteiger partial charge in [-0.15, -0.1) is 0 Å². The summed E-state index contributed by atoms with van der Waals surface area (Å²) in [5.74, 6) is -1.16. The van der Waals surface area contributed by atoms with Crippen LogP contribution < -0.4 is 0 Å². The van der Waals surface area contributed by atoms with Crippen LogP contribution in [-0.2, 0) is 32.7 Å². The predicted molar refractivity (Wildman–Crippen MR) is 230 cm³/mol. The molecule has 342 valence electrons. The Balaban J connectivity index is 2.53. The molecular formula is C45H79O13P. The number of hydrogen-bond donors (Lipinski definition) is 6. The maximum Gasteiger partial charge on any atom is 0.472 e. The number of unbranched alkanes of at least 4 members (excludes halogenated alkanes) is 16. The van der Waals surface area contributed by atoms with Gasteiger partial charge in [-0.05, 0) is 51.4 Å². The van der Waals surface area contributed by atoms with E-state index in [1.54, 1.807) is 0 Å². The Morgan fingerprint density at radius 2 is 0.932 bits per heavy atom. The Morgan fingerprint density at radius 1 is 0.525 bits per heavy atom. The molecule has 59 heavy (non-hydrogen) atoms. The van der Waals surface area contributed by atoms with Crippen LogP contribution >= 0.6 is 7.82 Å². The van der Waals surface area contributed by atoms with E-state index in [9.17, 15) is 44.6 Å². The fourth-order valence-corrected chi connectivity index (χ4v) is 7.49. The second-order valence-corrected chi connectivity index (χ2v) is 17.0. The van der Waals surface area contributed by atoms with Crippen LogP contribution in [0.5, 0.6) is 0 Å². The average Bonchev–Trinajstić information content (AvgIpc) is 3.21. The van der Waals surface area contributed by atoms with Crippen molar-refractivity contribution in [2.75, 3.05) is 13.2 Å². The number of aliphatic hydroxyl groups excluding tert-OH is 5. The Kier molecular flexibility index (Phi) is 32.9. The molecule has 6 atom stereocenters. The first-order chi connectivity index (χ1) is 28.4. The van der Waals surface area contributed by atoms with Crippen molar-refractivity contribution in [2.24, 2.45) is 0 Å². The number of allylic oxidation sites excluding steroid dienone is 8. The van der Waals surface area contributed by atoms with Crippen LogP contribution in [0.15, 0.2) is 48.6 Å². The number of hydrogen-bond acceptors (Lipinski definition) is 12. The molecule has 0 radical (unpaired) electrons. The third kappa shape index (κ3) is 28.1. The van der Waals surface area contributed by atoms with Crippen molar-refractivity contribution in [1.82, 2.24) is 0 Å². The molecule has 6 unspecified atom stereocenters. The van der Waals surface area contributed by atoms with Gasteiger partial charge in [-0.1, -0.05) is 152 Å². The van der Waals surface area contributed by atoms with Gasteiger partial charge in [0.2, 0.25) is 0 Å². The lowest BCUT2D eigenvalue weighted by molar-refractivity contribution is -0.220. The van der Waals surface area contributed by atoms with Gasteiger partial charge < -0.3 is 39.9 Å². The fourth-order valence-electron chi connectivity index (χ4n) is 6.51. The van der Waals surface area contributed by atoms with Crippen LogP contribution in [0.4, 0.5) is 0 Å². The summed E-state index contributed by atoms with van der Waals surface area (Å²) in [5, 5.41) is 50.1. The van der Waals surface area contributed by atoms with E-state index < -0.39 is 75.7 Å². The van der Waals surface area contributed by atoms with Gasteiger partial charge in [-0.2, -0.15) is 0 Å². The van der Waals surface area contributed by atoms with Crippen LogP contribution in [0.25, 0.3) is 0 Å². The summed E-state index contributed by atoms with van der Waals surface area (Å²) in [6.07, 6.45) is 27.5. The van der Waals surface area contributed by atoms with Crippen LogP contribution in [0.3, 0.4) is 0 Å². The number of rotatable bonds is 36. The molecule has 0 saturated heterocycles. The van der Waals surface area contributed by atoms with Crippen LogP contribution in [-0.4, -0.2) is 98.3 Å². The van der Waals surface area contributed by atoms with Gasteiger partial charge in [0.25, 0.3) is 0 Å². The van der Waals surface area contributed by atoms with Crippen molar-refractivity contribution in [3.05, 3.63) is 48.6 Å². The van der Waals surface area contributed by atoms with Crippen molar-refractivity contribution in [2.45, 2.75) is 211 Å². The standard InChI is InChI=1S/C45H79O13P/c1-3-5-7-9-11-13-15-17-18-19-20-22-24-26-28-30-32-34-39(47)57-37(36-56-59(53,54)58-45-43(51)41(49)40(48)42(50)44(45)52)35-55-38(46)33-31-29-27-25-23-21-16-14-12-10-8-6-4-2/h11,13,17-18,20,22,26,28,37,40-45,48-52H,3-10,12,14-16,19,21,23-25,27,29-36H2,1-2H3,(H,53,54). The fraction of sp³-hybridized carbons (Fsp3) is 0.778. The Labute approximate surface area is 354 Å². The topological polar surface area (TPSA) is 210 Å². The SMILES string of the molecule is CCCCCC=CCC=CCC=CCC=CCCCC(=O)OC(COC(=O)CCCCCCCCCCCCCCC)COP(=O)(O)OC1C(O)C(O)C(O)C(O)C1O. The quantitative estimate of drug-likeness (QED) is 0.0152. The predicted octanol–water partition coefficient (Wildman–Crippen LogP) is 8.39. The van der Waals surface area contributed by atoms with Gasteiger partial charge in [0.05, 0.1) is 6.61 Å². The van der Waals surface area contributed by atoms with E-state index in [4.69, 9.17) is 18.5 Å². The second-order valence-electron chi connectivity index (χ2n) is 15.6. The molecule has 1 aliphatic carbocycles. The van der Waals surface area contributed by atoms with E-state index in [0.717, 1.165) is 44.9 Å². The summed E-state index contributed by atoms with van der Waals surface area (Å²) in [6.45, 7) is 3.21. The molecule has 13 nitrogen and oxygen atoms in total. The molecule has 6 N–H and O–H groups in total. The van der Waals surface area contributed by atoms with Crippen LogP contribution in [0, 0.1) is 0 Å². The zero-order valence-electron chi connectivity index (χ0n) is 36.0. The van der Waals surface area contributed by atoms with Crippen molar-refractivity contribution < 1.29 is 63.1 Å². The molecule has 0 bridgehead atoms. The average molecular weight is 859 g/mol. The maximum absolute atomic E-state index is 12.8. The van der Waals surface area contributed by atoms with E-state index in [1.807, 2.05) is 12.2 Å². The molecular weight excluding hydrogens is 779 g/mol. The second kappa shape index (κ2) is 35.4. The van der Waals surface area contributed by atoms with Gasteiger partial charge in [-0.3, -0.25) is 18.6 Å². The van der Waals surface area contributed by atoms with E-state index in [-0.39, 0.29) is 12.8 Å². The van der Waals surface area contributed by atoms with Gasteiger partial charge in [0.1, 0.15) is 43.2 Å². The zero-order chi connectivity index (χ0) is 43.6. The molecule has 0 aromatic rings. The summed E-state index contributed by atoms with van der Waals surface area (Å²) >= 11 is 0. The number of phosphoric acid groups is 1. The summed E-state index contributed by atoms with van der Waals surface area (Å²) in [7, 11) is -5.13.